The minimum absolute atomic E-state index is 0.129. The number of hydrogen-bond acceptors (Lipinski definition) is 4. The van der Waals surface area contributed by atoms with Gasteiger partial charge in [0.1, 0.15) is 11.5 Å². The Bertz CT molecular complexity index is 737. The van der Waals surface area contributed by atoms with E-state index >= 15 is 0 Å². The molecule has 0 spiro atoms. The molecule has 6 heteroatoms. The molecule has 0 saturated carbocycles. The lowest BCUT2D eigenvalue weighted by molar-refractivity contribution is -0.123. The van der Waals surface area contributed by atoms with E-state index in [4.69, 9.17) is 21.1 Å². The summed E-state index contributed by atoms with van der Waals surface area (Å²) in [6.07, 6.45) is 1.54. The van der Waals surface area contributed by atoms with Crippen molar-refractivity contribution in [3.05, 3.63) is 58.1 Å². The molecule has 0 fully saturated rings. The number of ether oxygens (including phenoxy) is 2. The average Bonchev–Trinajstić information content (AvgIpc) is 2.58. The van der Waals surface area contributed by atoms with Crippen LogP contribution in [0.5, 0.6) is 11.5 Å². The molecule has 2 aromatic carbocycles. The van der Waals surface area contributed by atoms with E-state index < -0.39 is 0 Å². The smallest absolute Gasteiger partial charge is 0.277 e. The monoisotopic (exact) mass is 346 g/mol. The van der Waals surface area contributed by atoms with Gasteiger partial charge in [0, 0.05) is 5.02 Å². The topological polar surface area (TPSA) is 59.9 Å². The molecule has 0 unspecified atom stereocenters. The summed E-state index contributed by atoms with van der Waals surface area (Å²) < 4.78 is 10.6. The number of halogens is 1. The second-order valence-electron chi connectivity index (χ2n) is 5.23. The van der Waals surface area contributed by atoms with Crippen molar-refractivity contribution in [3.63, 3.8) is 0 Å². The van der Waals surface area contributed by atoms with Crippen LogP contribution in [-0.2, 0) is 4.79 Å². The second kappa shape index (κ2) is 8.36. The highest BCUT2D eigenvalue weighted by Crippen LogP contribution is 2.25. The van der Waals surface area contributed by atoms with Crippen LogP contribution in [0.1, 0.15) is 16.7 Å². The van der Waals surface area contributed by atoms with E-state index in [0.717, 1.165) is 22.4 Å². The van der Waals surface area contributed by atoms with E-state index in [2.05, 4.69) is 10.5 Å². The quantitative estimate of drug-likeness (QED) is 0.643. The molecule has 0 radical (unpaired) electrons. The van der Waals surface area contributed by atoms with Crippen molar-refractivity contribution in [2.75, 3.05) is 13.7 Å². The highest BCUT2D eigenvalue weighted by Gasteiger charge is 2.06. The molecule has 126 valence electrons. The maximum absolute atomic E-state index is 11.8. The van der Waals surface area contributed by atoms with E-state index in [9.17, 15) is 4.79 Å². The zero-order chi connectivity index (χ0) is 17.5. The first-order chi connectivity index (χ1) is 11.5. The summed E-state index contributed by atoms with van der Waals surface area (Å²) in [6, 6.07) is 10.9. The molecule has 0 aliphatic rings. The minimum atomic E-state index is -0.348. The van der Waals surface area contributed by atoms with Gasteiger partial charge in [-0.15, -0.1) is 0 Å². The van der Waals surface area contributed by atoms with Gasteiger partial charge in [-0.05, 0) is 54.8 Å². The Kier molecular flexibility index (Phi) is 6.21. The van der Waals surface area contributed by atoms with Gasteiger partial charge in [0.15, 0.2) is 6.61 Å². The maximum atomic E-state index is 11.8. The Morgan fingerprint density at radius 1 is 1.21 bits per heavy atom. The molecule has 0 aromatic heterocycles. The van der Waals surface area contributed by atoms with Gasteiger partial charge in [-0.3, -0.25) is 4.79 Å². The third-order valence-corrected chi connectivity index (χ3v) is 3.87. The molecular formula is C18H19ClN2O3. The van der Waals surface area contributed by atoms with Crippen molar-refractivity contribution in [3.8, 4) is 11.5 Å². The van der Waals surface area contributed by atoms with Crippen molar-refractivity contribution in [2.45, 2.75) is 13.8 Å². The fourth-order valence-corrected chi connectivity index (χ4v) is 2.18. The van der Waals surface area contributed by atoms with Crippen molar-refractivity contribution in [2.24, 2.45) is 5.10 Å². The highest BCUT2D eigenvalue weighted by atomic mass is 35.5. The normalized spacial score (nSPS) is 10.7. The van der Waals surface area contributed by atoms with Crippen molar-refractivity contribution < 1.29 is 14.3 Å². The number of hydrogen-bond donors (Lipinski definition) is 1. The Labute approximate surface area is 146 Å². The van der Waals surface area contributed by atoms with Gasteiger partial charge in [0.05, 0.1) is 13.3 Å². The van der Waals surface area contributed by atoms with Gasteiger partial charge < -0.3 is 9.47 Å². The fourth-order valence-electron chi connectivity index (χ4n) is 2.07. The van der Waals surface area contributed by atoms with Crippen molar-refractivity contribution >= 4 is 23.7 Å². The molecule has 0 saturated heterocycles. The second-order valence-corrected chi connectivity index (χ2v) is 5.61. The van der Waals surface area contributed by atoms with Crippen molar-refractivity contribution in [1.29, 1.82) is 0 Å². The average molecular weight is 347 g/mol. The van der Waals surface area contributed by atoms with Gasteiger partial charge in [-0.2, -0.15) is 5.10 Å². The van der Waals surface area contributed by atoms with Crippen molar-refractivity contribution in [1.82, 2.24) is 5.43 Å². The van der Waals surface area contributed by atoms with Crippen LogP contribution in [0.2, 0.25) is 5.02 Å². The Hall–Kier alpha value is -2.53. The number of aryl methyl sites for hydroxylation is 2. The van der Waals surface area contributed by atoms with Gasteiger partial charge in [-0.1, -0.05) is 23.7 Å². The molecule has 0 heterocycles. The molecular weight excluding hydrogens is 328 g/mol. The number of methoxy groups -OCH3 is 1. The first-order valence-electron chi connectivity index (χ1n) is 7.35. The van der Waals surface area contributed by atoms with E-state index in [-0.39, 0.29) is 12.5 Å². The van der Waals surface area contributed by atoms with Crippen LogP contribution in [0, 0.1) is 13.8 Å². The van der Waals surface area contributed by atoms with E-state index in [1.165, 1.54) is 6.21 Å². The predicted octanol–water partition coefficient (Wildman–Crippen LogP) is 3.49. The summed E-state index contributed by atoms with van der Waals surface area (Å²) >= 11 is 6.10. The van der Waals surface area contributed by atoms with Crippen LogP contribution < -0.4 is 14.9 Å². The number of carbonyl (C=O) groups excluding carboxylic acids is 1. The molecule has 0 aliphatic heterocycles. The van der Waals surface area contributed by atoms with Crippen LogP contribution in [0.4, 0.5) is 0 Å². The maximum Gasteiger partial charge on any atom is 0.277 e. The molecule has 1 N–H and O–H groups in total. The van der Waals surface area contributed by atoms with Crippen LogP contribution in [0.15, 0.2) is 41.5 Å². The van der Waals surface area contributed by atoms with Gasteiger partial charge in [-0.25, -0.2) is 5.43 Å². The first kappa shape index (κ1) is 17.8. The summed E-state index contributed by atoms with van der Waals surface area (Å²) in [5, 5.41) is 4.60. The zero-order valence-corrected chi connectivity index (χ0v) is 14.6. The number of nitrogens with zero attached hydrogens (tertiary/aromatic N) is 1. The van der Waals surface area contributed by atoms with Crippen LogP contribution in [-0.4, -0.2) is 25.8 Å². The molecule has 2 aromatic rings. The molecule has 5 nitrogen and oxygen atoms in total. The largest absolute Gasteiger partial charge is 0.497 e. The van der Waals surface area contributed by atoms with Crippen LogP contribution in [0.3, 0.4) is 0 Å². The molecule has 2 rings (SSSR count). The van der Waals surface area contributed by atoms with E-state index in [0.29, 0.717) is 10.8 Å². The SMILES string of the molecule is COc1cccc(C=NNC(=O)COc2cc(C)c(Cl)c(C)c2)c1. The highest BCUT2D eigenvalue weighted by molar-refractivity contribution is 6.32. The first-order valence-corrected chi connectivity index (χ1v) is 7.73. The molecule has 24 heavy (non-hydrogen) atoms. The summed E-state index contributed by atoms with van der Waals surface area (Å²) in [6.45, 7) is 3.65. The number of nitrogens with one attached hydrogen (secondary N) is 1. The van der Waals surface area contributed by atoms with E-state index in [1.54, 1.807) is 19.2 Å². The summed E-state index contributed by atoms with van der Waals surface area (Å²) in [5.41, 5.74) is 5.05. The Morgan fingerprint density at radius 3 is 2.58 bits per heavy atom. The number of rotatable bonds is 6. The summed E-state index contributed by atoms with van der Waals surface area (Å²) in [4.78, 5) is 11.8. The van der Waals surface area contributed by atoms with Gasteiger partial charge in [0.2, 0.25) is 0 Å². The predicted molar refractivity (Wildman–Crippen MR) is 95.2 cm³/mol. The Morgan fingerprint density at radius 2 is 1.92 bits per heavy atom. The number of amides is 1. The summed E-state index contributed by atoms with van der Waals surface area (Å²) in [7, 11) is 1.59. The molecule has 0 aliphatic carbocycles. The fraction of sp³-hybridized carbons (Fsp3) is 0.222. The lowest BCUT2D eigenvalue weighted by Gasteiger charge is -2.09. The molecule has 0 bridgehead atoms. The third kappa shape index (κ3) is 4.99. The van der Waals surface area contributed by atoms with Gasteiger partial charge in [0.25, 0.3) is 5.91 Å². The lowest BCUT2D eigenvalue weighted by atomic mass is 10.1. The third-order valence-electron chi connectivity index (χ3n) is 3.28. The molecule has 0 atom stereocenters. The van der Waals surface area contributed by atoms with Crippen LogP contribution >= 0.6 is 11.6 Å². The van der Waals surface area contributed by atoms with Crippen LogP contribution in [0.25, 0.3) is 0 Å². The summed E-state index contributed by atoms with van der Waals surface area (Å²) in [5.74, 6) is 0.975. The Balaban J connectivity index is 1.86. The lowest BCUT2D eigenvalue weighted by Crippen LogP contribution is -2.24. The minimum Gasteiger partial charge on any atom is -0.497 e. The van der Waals surface area contributed by atoms with E-state index in [1.807, 2.05) is 38.1 Å². The number of carbonyl (C=O) groups is 1. The molecule has 1 amide bonds. The van der Waals surface area contributed by atoms with Gasteiger partial charge >= 0.3 is 0 Å². The zero-order valence-electron chi connectivity index (χ0n) is 13.8. The standard InChI is InChI=1S/C18H19ClN2O3/c1-12-7-16(8-13(2)18(12)19)24-11-17(22)21-20-10-14-5-4-6-15(9-14)23-3/h4-10H,11H2,1-3H3,(H,21,22). The number of hydrazone groups is 1. The number of benzene rings is 2.